The van der Waals surface area contributed by atoms with Crippen LogP contribution < -0.4 is 19.9 Å². The number of aromatic nitrogens is 22. The third-order valence-electron chi connectivity index (χ3n) is 13.8. The van der Waals surface area contributed by atoms with Gasteiger partial charge in [0.05, 0.1) is 34.3 Å². The van der Waals surface area contributed by atoms with Crippen molar-refractivity contribution in [1.29, 1.82) is 0 Å². The number of hydrogen-bond acceptors (Lipinski definition) is 18. The molecular weight excluding hydrogens is 1130 g/mol. The van der Waals surface area contributed by atoms with Crippen LogP contribution >= 0.6 is 0 Å². The molecule has 0 saturated carbocycles. The van der Waals surface area contributed by atoms with Gasteiger partial charge in [-0.25, -0.2) is 19.9 Å². The Hall–Kier alpha value is -10.9. The topological polar surface area (TPSA) is 288 Å². The molecule has 0 spiro atoms. The summed E-state index contributed by atoms with van der Waals surface area (Å²) in [4.78, 5) is 104. The first-order valence-electron chi connectivity index (χ1n) is 24.9. The van der Waals surface area contributed by atoms with Gasteiger partial charge in [0.1, 0.15) is 46.1 Å². The second kappa shape index (κ2) is 18.9. The van der Waals surface area contributed by atoms with Crippen LogP contribution in [0.15, 0.2) is 159 Å². The van der Waals surface area contributed by atoms with Crippen LogP contribution in [0.4, 0.5) is 0 Å². The maximum atomic E-state index is 4.88. The van der Waals surface area contributed by atoms with Crippen molar-refractivity contribution in [2.75, 3.05) is 0 Å². The van der Waals surface area contributed by atoms with Gasteiger partial charge in [0.25, 0.3) is 0 Å². The normalized spacial score (nSPS) is 11.7. The number of fused-ring (bicyclic) bond motifs is 40. The predicted octanol–water partition coefficient (Wildman–Crippen LogP) is 8.62. The Morgan fingerprint density at radius 2 is 0.439 bits per heavy atom. The zero-order valence-corrected chi connectivity index (χ0v) is 43.3. The van der Waals surface area contributed by atoms with Gasteiger partial charge >= 0.3 is 34.1 Å². The van der Waals surface area contributed by atoms with Crippen LogP contribution in [0.2, 0.25) is 0 Å². The Balaban J connectivity index is 0.000000137. The molecular formula is C58H26Cu2N22. The second-order valence-corrected chi connectivity index (χ2v) is 18.5. The van der Waals surface area contributed by atoms with Crippen molar-refractivity contribution in [2.24, 2.45) is 0 Å². The first-order chi connectivity index (χ1) is 39.6. The third kappa shape index (κ3) is 7.62. The summed E-state index contributed by atoms with van der Waals surface area (Å²) >= 11 is 0. The number of hydrogen-bond donors (Lipinski definition) is 0. The first-order valence-corrected chi connectivity index (χ1v) is 24.9. The maximum Gasteiger partial charge on any atom is 2.00 e. The van der Waals surface area contributed by atoms with Crippen LogP contribution in [0.3, 0.4) is 0 Å². The van der Waals surface area contributed by atoms with E-state index in [1.807, 2.05) is 121 Å². The van der Waals surface area contributed by atoms with E-state index < -0.39 is 0 Å². The fraction of sp³-hybridized carbons (Fsp3) is 0. The summed E-state index contributed by atoms with van der Waals surface area (Å²) in [6.45, 7) is 0. The van der Waals surface area contributed by atoms with Gasteiger partial charge in [-0.1, -0.05) is 60.7 Å². The molecule has 0 saturated heterocycles. The summed E-state index contributed by atoms with van der Waals surface area (Å²) in [5.74, 6) is 3.42. The average Bonchev–Trinajstić information content (AvgIpc) is 4.59. The summed E-state index contributed by atoms with van der Waals surface area (Å²) in [7, 11) is 0. The second-order valence-electron chi connectivity index (χ2n) is 18.5. The zero-order valence-electron chi connectivity index (χ0n) is 41.5. The van der Waals surface area contributed by atoms with Gasteiger partial charge in [-0.2, -0.15) is 0 Å². The molecule has 0 N–H and O–H groups in total. The molecule has 22 nitrogen and oxygen atoms in total. The molecule has 0 unspecified atom stereocenters. The van der Waals surface area contributed by atoms with Crippen molar-refractivity contribution in [3.05, 3.63) is 159 Å². The average molecular weight is 1160 g/mol. The number of pyridine rings is 6. The van der Waals surface area contributed by atoms with E-state index in [0.29, 0.717) is 126 Å². The van der Waals surface area contributed by atoms with Gasteiger partial charge in [-0.3, -0.25) is 29.9 Å². The Labute approximate surface area is 479 Å². The Kier molecular flexibility index (Phi) is 11.1. The van der Waals surface area contributed by atoms with Crippen LogP contribution in [-0.4, -0.2) is 89.7 Å². The zero-order chi connectivity index (χ0) is 52.4. The van der Waals surface area contributed by atoms with E-state index in [-0.39, 0.29) is 34.1 Å². The molecule has 14 aromatic rings. The monoisotopic (exact) mass is 1160 g/mol. The van der Waals surface area contributed by atoms with Crippen molar-refractivity contribution in [3.63, 3.8) is 0 Å². The van der Waals surface area contributed by atoms with E-state index in [0.717, 1.165) is 54.6 Å². The minimum atomic E-state index is 0. The largest absolute Gasteiger partial charge is 2.00 e. The molecule has 16 bridgehead atoms. The molecule has 4 aliphatic rings. The maximum absolute atomic E-state index is 4.88. The molecule has 2 aromatic carbocycles. The van der Waals surface area contributed by atoms with Gasteiger partial charge in [-0.15, -0.1) is 0 Å². The van der Waals surface area contributed by atoms with Crippen LogP contribution in [0.5, 0.6) is 0 Å². The smallest absolute Gasteiger partial charge is 0.357 e. The van der Waals surface area contributed by atoms with E-state index in [1.54, 1.807) is 37.2 Å². The van der Waals surface area contributed by atoms with Gasteiger partial charge in [0.15, 0.2) is 0 Å². The van der Waals surface area contributed by atoms with Crippen molar-refractivity contribution in [1.82, 2.24) is 110 Å². The van der Waals surface area contributed by atoms with Crippen molar-refractivity contribution in [3.8, 4) is 91.6 Å². The van der Waals surface area contributed by atoms with Crippen LogP contribution in [-0.2, 0) is 34.1 Å². The van der Waals surface area contributed by atoms with E-state index in [9.17, 15) is 0 Å². The summed E-state index contributed by atoms with van der Waals surface area (Å²) in [6.07, 6.45) is 10.2. The standard InChI is InChI=1S/2C29H13N11.2Cu/c1-2-7-15-14(6-1)22-33-23(15)36-27-19-16(8-3-11-30-19)25(37-27)35-26-18-10-5-13-32-21(18)29(39-26)40-28-20-17(9-4-12-31-20)24(34-22)38-28;1-2-7-15-14(6-1)22-33-23(15)35-25-17-9-4-12-31-20(17)28(37-25)40-29-21-18(10-5-13-32-21)26(39-29)38-27-19-16(8-3-11-30-19)24(34-22)36-27;;/h2*1-13H;;/q2*-2;2*+2. The van der Waals surface area contributed by atoms with Crippen molar-refractivity contribution >= 4 is 88.5 Å². The van der Waals surface area contributed by atoms with Gasteiger partial charge < -0.3 is 59.8 Å². The summed E-state index contributed by atoms with van der Waals surface area (Å²) in [5.41, 5.74) is 10.3. The SMILES string of the molecule is [Cu+2].[Cu+2].c1cnc2c(c1)-c1nc-2nc2[n-]c(nc3nc(nc4[n-]c(n1)c1ccccc41)-c1cccnc1-3)c1ncccc21.c1cnc2c(c1)-c1nc-2nc2[n-]c(nc3nc(nc4[n-]c(n1)c1cccnc41)-c1ncccc1-3)c1ccccc21. The van der Waals surface area contributed by atoms with Crippen molar-refractivity contribution < 1.29 is 34.1 Å². The van der Waals surface area contributed by atoms with Crippen LogP contribution in [0.1, 0.15) is 0 Å². The fourth-order valence-corrected chi connectivity index (χ4v) is 10.2. The predicted molar refractivity (Wildman–Crippen MR) is 295 cm³/mol. The first kappa shape index (κ1) is 48.2. The third-order valence-corrected chi connectivity index (χ3v) is 13.8. The Bertz CT molecular complexity index is 4410. The quantitative estimate of drug-likeness (QED) is 0.128. The molecule has 2 radical (unpaired) electrons. The molecule has 390 valence electrons. The summed E-state index contributed by atoms with van der Waals surface area (Å²) < 4.78 is 0. The molecule has 0 fully saturated rings. The van der Waals surface area contributed by atoms with Gasteiger partial charge in [0, 0.05) is 115 Å². The minimum Gasteiger partial charge on any atom is -0.357 e. The Morgan fingerprint density at radius 1 is 0.207 bits per heavy atom. The van der Waals surface area contributed by atoms with E-state index in [2.05, 4.69) is 29.9 Å². The van der Waals surface area contributed by atoms with E-state index in [1.165, 1.54) is 0 Å². The van der Waals surface area contributed by atoms with Crippen LogP contribution in [0.25, 0.3) is 180 Å². The summed E-state index contributed by atoms with van der Waals surface area (Å²) in [5, 5.41) is 4.86. The fourth-order valence-electron chi connectivity index (χ4n) is 10.2. The van der Waals surface area contributed by atoms with Gasteiger partial charge in [-0.05, 0) is 82.2 Å². The van der Waals surface area contributed by atoms with Crippen molar-refractivity contribution in [2.45, 2.75) is 0 Å². The molecule has 4 aliphatic heterocycles. The number of benzene rings is 2. The molecule has 16 heterocycles. The molecule has 0 atom stereocenters. The minimum absolute atomic E-state index is 0. The molecule has 18 rings (SSSR count). The number of rotatable bonds is 0. The van der Waals surface area contributed by atoms with Gasteiger partial charge in [0.2, 0.25) is 0 Å². The number of nitrogens with zero attached hydrogens (tertiary/aromatic N) is 22. The molecule has 24 heteroatoms. The molecule has 0 amide bonds. The molecule has 0 aliphatic carbocycles. The van der Waals surface area contributed by atoms with E-state index >= 15 is 0 Å². The molecule has 12 aromatic heterocycles. The van der Waals surface area contributed by atoms with Crippen LogP contribution in [0, 0.1) is 0 Å². The summed E-state index contributed by atoms with van der Waals surface area (Å²) in [6, 6.07) is 38.2. The van der Waals surface area contributed by atoms with E-state index in [4.69, 9.17) is 79.7 Å². The Morgan fingerprint density at radius 3 is 0.756 bits per heavy atom. The molecule has 82 heavy (non-hydrogen) atoms.